The fraction of sp³-hybridized carbons (Fsp3) is 0.588. The first-order chi connectivity index (χ1) is 10.1. The molecule has 1 unspecified atom stereocenters. The van der Waals surface area contributed by atoms with Gasteiger partial charge in [-0.25, -0.2) is 0 Å². The summed E-state index contributed by atoms with van der Waals surface area (Å²) in [4.78, 5) is 12.7. The molecule has 0 aliphatic carbocycles. The molecule has 4 nitrogen and oxygen atoms in total. The number of carbonyl (C=O) groups excluding carboxylic acids is 1. The van der Waals surface area contributed by atoms with Crippen LogP contribution in [0.4, 0.5) is 5.69 Å². The summed E-state index contributed by atoms with van der Waals surface area (Å²) < 4.78 is 5.64. The molecular weight excluding hydrogens is 264 g/mol. The van der Waals surface area contributed by atoms with Crippen LogP contribution in [0.1, 0.15) is 45.1 Å². The van der Waals surface area contributed by atoms with Gasteiger partial charge in [0, 0.05) is 0 Å². The van der Waals surface area contributed by atoms with Crippen LogP contribution >= 0.6 is 0 Å². The molecule has 1 atom stereocenters. The van der Waals surface area contributed by atoms with Crippen molar-refractivity contribution in [3.8, 4) is 5.75 Å². The van der Waals surface area contributed by atoms with Gasteiger partial charge in [-0.15, -0.1) is 0 Å². The van der Waals surface area contributed by atoms with Gasteiger partial charge in [0.05, 0.1) is 17.8 Å². The minimum Gasteiger partial charge on any atom is -0.492 e. The van der Waals surface area contributed by atoms with Crippen molar-refractivity contribution in [2.45, 2.75) is 52.0 Å². The highest BCUT2D eigenvalue weighted by atomic mass is 16.5. The van der Waals surface area contributed by atoms with Crippen LogP contribution in [0.25, 0.3) is 0 Å². The molecular formula is C17H26N2O2. The summed E-state index contributed by atoms with van der Waals surface area (Å²) in [7, 11) is 0. The molecule has 1 aliphatic heterocycles. The minimum absolute atomic E-state index is 0.0617. The molecule has 1 heterocycles. The van der Waals surface area contributed by atoms with Crippen molar-refractivity contribution in [1.82, 2.24) is 5.32 Å². The number of benzene rings is 1. The lowest BCUT2D eigenvalue weighted by Gasteiger charge is -2.28. The molecule has 1 aromatic rings. The van der Waals surface area contributed by atoms with E-state index in [-0.39, 0.29) is 5.91 Å². The van der Waals surface area contributed by atoms with Crippen molar-refractivity contribution in [3.63, 3.8) is 0 Å². The summed E-state index contributed by atoms with van der Waals surface area (Å²) >= 11 is 0. The second kappa shape index (κ2) is 6.94. The molecule has 2 rings (SSSR count). The second-order valence-corrected chi connectivity index (χ2v) is 5.75. The number of carbonyl (C=O) groups is 1. The molecule has 2 N–H and O–H groups in total. The smallest absolute Gasteiger partial charge is 0.244 e. The topological polar surface area (TPSA) is 50.4 Å². The fourth-order valence-corrected chi connectivity index (χ4v) is 3.00. The number of hydrogen-bond acceptors (Lipinski definition) is 3. The maximum Gasteiger partial charge on any atom is 0.244 e. The Morgan fingerprint density at radius 1 is 1.43 bits per heavy atom. The molecule has 1 aliphatic rings. The molecule has 4 heteroatoms. The molecule has 0 aromatic heterocycles. The highest BCUT2D eigenvalue weighted by Gasteiger charge is 2.40. The quantitative estimate of drug-likeness (QED) is 0.845. The van der Waals surface area contributed by atoms with E-state index in [1.807, 2.05) is 32.0 Å². The monoisotopic (exact) mass is 290 g/mol. The van der Waals surface area contributed by atoms with E-state index < -0.39 is 5.54 Å². The van der Waals surface area contributed by atoms with Crippen molar-refractivity contribution in [2.24, 2.45) is 0 Å². The van der Waals surface area contributed by atoms with Crippen molar-refractivity contribution in [2.75, 3.05) is 18.5 Å². The van der Waals surface area contributed by atoms with E-state index >= 15 is 0 Å². The number of rotatable bonds is 6. The van der Waals surface area contributed by atoms with E-state index in [1.54, 1.807) is 0 Å². The lowest BCUT2D eigenvalue weighted by molar-refractivity contribution is -0.122. The average Bonchev–Trinajstić information content (AvgIpc) is 2.92. The predicted octanol–water partition coefficient (Wildman–Crippen LogP) is 3.25. The maximum atomic E-state index is 12.7. The van der Waals surface area contributed by atoms with Gasteiger partial charge in [-0.1, -0.05) is 19.4 Å². The Balaban J connectivity index is 2.18. The normalized spacial score (nSPS) is 21.3. The van der Waals surface area contributed by atoms with Crippen LogP contribution < -0.4 is 15.4 Å². The third-order valence-electron chi connectivity index (χ3n) is 4.04. The third kappa shape index (κ3) is 3.56. The Kier molecular flexibility index (Phi) is 5.23. The molecule has 21 heavy (non-hydrogen) atoms. The summed E-state index contributed by atoms with van der Waals surface area (Å²) in [6.07, 6.45) is 3.82. The van der Waals surface area contributed by atoms with Gasteiger partial charge in [-0.05, 0) is 57.4 Å². The first-order valence-electron chi connectivity index (χ1n) is 7.91. The van der Waals surface area contributed by atoms with E-state index in [1.165, 1.54) is 0 Å². The van der Waals surface area contributed by atoms with Crippen LogP contribution in [0, 0.1) is 6.92 Å². The lowest BCUT2D eigenvalue weighted by atomic mass is 9.90. The van der Waals surface area contributed by atoms with Gasteiger partial charge in [0.1, 0.15) is 5.75 Å². The first-order valence-corrected chi connectivity index (χ1v) is 7.91. The average molecular weight is 290 g/mol. The zero-order valence-electron chi connectivity index (χ0n) is 13.3. The molecule has 0 spiro atoms. The molecule has 116 valence electrons. The maximum absolute atomic E-state index is 12.7. The number of nitrogens with one attached hydrogen (secondary N) is 2. The molecule has 1 fully saturated rings. The number of amides is 1. The molecule has 0 bridgehead atoms. The van der Waals surface area contributed by atoms with Crippen LogP contribution in [-0.4, -0.2) is 24.6 Å². The number of anilines is 1. The molecule has 1 aromatic carbocycles. The number of aryl methyl sites for hydroxylation is 1. The second-order valence-electron chi connectivity index (χ2n) is 5.75. The molecule has 1 amide bonds. The van der Waals surface area contributed by atoms with E-state index in [0.29, 0.717) is 6.61 Å². The predicted molar refractivity (Wildman–Crippen MR) is 85.9 cm³/mol. The molecule has 1 saturated heterocycles. The van der Waals surface area contributed by atoms with Gasteiger partial charge in [0.2, 0.25) is 5.91 Å². The zero-order valence-corrected chi connectivity index (χ0v) is 13.3. The van der Waals surface area contributed by atoms with Crippen LogP contribution in [-0.2, 0) is 4.79 Å². The van der Waals surface area contributed by atoms with Crippen molar-refractivity contribution in [3.05, 3.63) is 23.8 Å². The first kappa shape index (κ1) is 15.8. The van der Waals surface area contributed by atoms with Gasteiger partial charge in [0.25, 0.3) is 0 Å². The van der Waals surface area contributed by atoms with Crippen molar-refractivity contribution >= 4 is 11.6 Å². The summed E-state index contributed by atoms with van der Waals surface area (Å²) in [5.74, 6) is 0.808. The van der Waals surface area contributed by atoms with Gasteiger partial charge >= 0.3 is 0 Å². The van der Waals surface area contributed by atoms with Crippen LogP contribution in [0.15, 0.2) is 18.2 Å². The van der Waals surface area contributed by atoms with Gasteiger partial charge in [-0.3, -0.25) is 4.79 Å². The van der Waals surface area contributed by atoms with Crippen LogP contribution in [0.5, 0.6) is 5.75 Å². The largest absolute Gasteiger partial charge is 0.492 e. The summed E-state index contributed by atoms with van der Waals surface area (Å²) in [6, 6.07) is 5.88. The third-order valence-corrected chi connectivity index (χ3v) is 4.04. The highest BCUT2D eigenvalue weighted by Crippen LogP contribution is 2.30. The van der Waals surface area contributed by atoms with Crippen LogP contribution in [0.3, 0.4) is 0 Å². The minimum atomic E-state index is -0.414. The van der Waals surface area contributed by atoms with E-state index in [9.17, 15) is 4.79 Å². The lowest BCUT2D eigenvalue weighted by Crippen LogP contribution is -2.50. The fourth-order valence-electron chi connectivity index (χ4n) is 3.00. The SMILES string of the molecule is CCCC1(C(=O)Nc2ccc(C)cc2OCC)CCCN1. The van der Waals surface area contributed by atoms with E-state index in [2.05, 4.69) is 17.6 Å². The Bertz CT molecular complexity index is 494. The van der Waals surface area contributed by atoms with Crippen molar-refractivity contribution in [1.29, 1.82) is 0 Å². The summed E-state index contributed by atoms with van der Waals surface area (Å²) in [6.45, 7) is 7.59. The summed E-state index contributed by atoms with van der Waals surface area (Å²) in [5.41, 5.74) is 1.47. The van der Waals surface area contributed by atoms with E-state index in [4.69, 9.17) is 4.74 Å². The standard InChI is InChI=1S/C17H26N2O2/c1-4-9-17(10-6-11-18-17)16(20)19-14-8-7-13(3)12-15(14)21-5-2/h7-8,12,18H,4-6,9-11H2,1-3H3,(H,19,20). The Labute approximate surface area is 127 Å². The van der Waals surface area contributed by atoms with Gasteiger partial charge < -0.3 is 15.4 Å². The molecule has 0 saturated carbocycles. The zero-order chi connectivity index (χ0) is 15.3. The Morgan fingerprint density at radius 3 is 2.86 bits per heavy atom. The van der Waals surface area contributed by atoms with Crippen molar-refractivity contribution < 1.29 is 9.53 Å². The molecule has 0 radical (unpaired) electrons. The summed E-state index contributed by atoms with van der Waals surface area (Å²) in [5, 5.41) is 6.46. The Morgan fingerprint density at radius 2 is 2.24 bits per heavy atom. The Hall–Kier alpha value is -1.55. The van der Waals surface area contributed by atoms with Gasteiger partial charge in [0.15, 0.2) is 0 Å². The van der Waals surface area contributed by atoms with Crippen LogP contribution in [0.2, 0.25) is 0 Å². The highest BCUT2D eigenvalue weighted by molar-refractivity contribution is 5.99. The van der Waals surface area contributed by atoms with E-state index in [0.717, 1.165) is 49.2 Å². The number of ether oxygens (including phenoxy) is 1. The number of hydrogen-bond donors (Lipinski definition) is 2. The van der Waals surface area contributed by atoms with Gasteiger partial charge in [-0.2, -0.15) is 0 Å².